The highest BCUT2D eigenvalue weighted by Crippen LogP contribution is 2.10. The number of aryl methyl sites for hydroxylation is 1. The summed E-state index contributed by atoms with van der Waals surface area (Å²) < 4.78 is 0. The summed E-state index contributed by atoms with van der Waals surface area (Å²) in [7, 11) is 2.17. The van der Waals surface area contributed by atoms with Gasteiger partial charge in [0.1, 0.15) is 0 Å². The van der Waals surface area contributed by atoms with Crippen molar-refractivity contribution in [2.24, 2.45) is 0 Å². The first-order valence-electron chi connectivity index (χ1n) is 6.95. The van der Waals surface area contributed by atoms with E-state index in [-0.39, 0.29) is 0 Å². The number of unbranched alkanes of at least 4 members (excludes halogenated alkanes) is 2. The molecule has 0 amide bonds. The SMILES string of the molecule is CCCCCNCC(C)N(C)Cc1csc(C)n1. The van der Waals surface area contributed by atoms with E-state index in [4.69, 9.17) is 0 Å². The van der Waals surface area contributed by atoms with Crippen LogP contribution >= 0.6 is 11.3 Å². The van der Waals surface area contributed by atoms with Gasteiger partial charge < -0.3 is 5.32 Å². The largest absolute Gasteiger partial charge is 0.315 e. The monoisotopic (exact) mass is 269 g/mol. The number of nitrogens with one attached hydrogen (secondary N) is 1. The summed E-state index contributed by atoms with van der Waals surface area (Å²) in [5, 5.41) is 6.85. The summed E-state index contributed by atoms with van der Waals surface area (Å²) in [6.07, 6.45) is 3.91. The summed E-state index contributed by atoms with van der Waals surface area (Å²) in [5.74, 6) is 0. The van der Waals surface area contributed by atoms with Crippen LogP contribution in [-0.2, 0) is 6.54 Å². The van der Waals surface area contributed by atoms with Gasteiger partial charge in [-0.05, 0) is 33.9 Å². The Balaban J connectivity index is 2.18. The third kappa shape index (κ3) is 5.94. The topological polar surface area (TPSA) is 28.2 Å². The molecule has 4 heteroatoms. The highest BCUT2D eigenvalue weighted by atomic mass is 32.1. The molecule has 0 aliphatic carbocycles. The van der Waals surface area contributed by atoms with Crippen LogP contribution in [0.25, 0.3) is 0 Å². The van der Waals surface area contributed by atoms with E-state index < -0.39 is 0 Å². The summed E-state index contributed by atoms with van der Waals surface area (Å²) >= 11 is 1.73. The Morgan fingerprint density at radius 1 is 1.44 bits per heavy atom. The lowest BCUT2D eigenvalue weighted by Gasteiger charge is -2.24. The molecule has 104 valence electrons. The van der Waals surface area contributed by atoms with Gasteiger partial charge in [-0.2, -0.15) is 0 Å². The lowest BCUT2D eigenvalue weighted by Crippen LogP contribution is -2.37. The van der Waals surface area contributed by atoms with Gasteiger partial charge in [-0.15, -0.1) is 11.3 Å². The molecule has 0 aromatic carbocycles. The van der Waals surface area contributed by atoms with Gasteiger partial charge in [0.25, 0.3) is 0 Å². The summed E-state index contributed by atoms with van der Waals surface area (Å²) in [5.41, 5.74) is 1.19. The average Bonchev–Trinajstić information content (AvgIpc) is 2.74. The summed E-state index contributed by atoms with van der Waals surface area (Å²) in [6.45, 7) is 9.72. The fraction of sp³-hybridized carbons (Fsp3) is 0.786. The number of hydrogen-bond acceptors (Lipinski definition) is 4. The lowest BCUT2D eigenvalue weighted by atomic mass is 10.2. The van der Waals surface area contributed by atoms with Gasteiger partial charge in [-0.1, -0.05) is 19.8 Å². The van der Waals surface area contributed by atoms with Gasteiger partial charge in [-0.25, -0.2) is 4.98 Å². The second-order valence-electron chi connectivity index (χ2n) is 5.03. The normalized spacial score (nSPS) is 13.2. The molecule has 0 saturated heterocycles. The van der Waals surface area contributed by atoms with Crippen molar-refractivity contribution in [3.8, 4) is 0 Å². The molecule has 1 atom stereocenters. The number of thiazole rings is 1. The fourth-order valence-electron chi connectivity index (χ4n) is 1.86. The second-order valence-corrected chi connectivity index (χ2v) is 6.10. The molecule has 1 aromatic rings. The molecule has 0 bridgehead atoms. The van der Waals surface area contributed by atoms with E-state index in [1.54, 1.807) is 11.3 Å². The van der Waals surface area contributed by atoms with Crippen LogP contribution in [0.15, 0.2) is 5.38 Å². The molecule has 3 nitrogen and oxygen atoms in total. The van der Waals surface area contributed by atoms with Crippen LogP contribution in [0.4, 0.5) is 0 Å². The Morgan fingerprint density at radius 3 is 2.83 bits per heavy atom. The molecule has 1 N–H and O–H groups in total. The molecule has 0 spiro atoms. The Bertz CT molecular complexity index is 325. The van der Waals surface area contributed by atoms with Gasteiger partial charge in [0.2, 0.25) is 0 Å². The summed E-state index contributed by atoms with van der Waals surface area (Å²) in [4.78, 5) is 6.87. The van der Waals surface area contributed by atoms with Gasteiger partial charge in [0.05, 0.1) is 10.7 Å². The predicted octanol–water partition coefficient (Wildman–Crippen LogP) is 3.05. The van der Waals surface area contributed by atoms with Crippen molar-refractivity contribution in [1.82, 2.24) is 15.2 Å². The van der Waals surface area contributed by atoms with E-state index in [9.17, 15) is 0 Å². The Kier molecular flexibility index (Phi) is 7.47. The first-order chi connectivity index (χ1) is 8.63. The number of likely N-dealkylation sites (N-methyl/N-ethyl adjacent to an activating group) is 1. The number of nitrogens with zero attached hydrogens (tertiary/aromatic N) is 2. The fourth-order valence-corrected chi connectivity index (χ4v) is 2.46. The molecule has 0 aliphatic rings. The first kappa shape index (κ1) is 15.6. The van der Waals surface area contributed by atoms with E-state index in [1.165, 1.54) is 25.0 Å². The zero-order chi connectivity index (χ0) is 13.4. The molecular formula is C14H27N3S. The highest BCUT2D eigenvalue weighted by molar-refractivity contribution is 7.09. The standard InChI is InChI=1S/C14H27N3S/c1-5-6-7-8-15-9-12(2)17(4)10-14-11-18-13(3)16-14/h11-12,15H,5-10H2,1-4H3. The molecule has 0 saturated carbocycles. The molecule has 0 aliphatic heterocycles. The third-order valence-electron chi connectivity index (χ3n) is 3.23. The van der Waals surface area contributed by atoms with Crippen LogP contribution in [0.1, 0.15) is 43.8 Å². The molecular weight excluding hydrogens is 242 g/mol. The maximum Gasteiger partial charge on any atom is 0.0897 e. The van der Waals surface area contributed by atoms with Crippen LogP contribution in [0.3, 0.4) is 0 Å². The quantitative estimate of drug-likeness (QED) is 0.698. The van der Waals surface area contributed by atoms with Gasteiger partial charge in [0.15, 0.2) is 0 Å². The molecule has 1 unspecified atom stereocenters. The molecule has 1 aromatic heterocycles. The van der Waals surface area contributed by atoms with E-state index in [2.05, 4.69) is 48.4 Å². The van der Waals surface area contributed by atoms with Crippen LogP contribution in [0, 0.1) is 6.92 Å². The van der Waals surface area contributed by atoms with E-state index in [0.717, 1.165) is 24.6 Å². The third-order valence-corrected chi connectivity index (χ3v) is 4.05. The van der Waals surface area contributed by atoms with Crippen molar-refractivity contribution in [2.75, 3.05) is 20.1 Å². The van der Waals surface area contributed by atoms with E-state index >= 15 is 0 Å². The van der Waals surface area contributed by atoms with Crippen molar-refractivity contribution in [3.05, 3.63) is 16.1 Å². The Labute approximate surface area is 116 Å². The van der Waals surface area contributed by atoms with Crippen LogP contribution in [-0.4, -0.2) is 36.1 Å². The number of aromatic nitrogens is 1. The van der Waals surface area contributed by atoms with Gasteiger partial charge >= 0.3 is 0 Å². The zero-order valence-corrected chi connectivity index (χ0v) is 13.0. The maximum atomic E-state index is 4.51. The molecule has 0 fully saturated rings. The smallest absolute Gasteiger partial charge is 0.0897 e. The van der Waals surface area contributed by atoms with Crippen LogP contribution in [0.5, 0.6) is 0 Å². The number of rotatable bonds is 9. The van der Waals surface area contributed by atoms with Crippen LogP contribution in [0.2, 0.25) is 0 Å². The molecule has 18 heavy (non-hydrogen) atoms. The van der Waals surface area contributed by atoms with E-state index in [0.29, 0.717) is 6.04 Å². The minimum atomic E-state index is 0.550. The van der Waals surface area contributed by atoms with E-state index in [1.807, 2.05) is 0 Å². The van der Waals surface area contributed by atoms with Crippen molar-refractivity contribution < 1.29 is 0 Å². The van der Waals surface area contributed by atoms with Crippen molar-refractivity contribution >= 4 is 11.3 Å². The highest BCUT2D eigenvalue weighted by Gasteiger charge is 2.10. The first-order valence-corrected chi connectivity index (χ1v) is 7.83. The van der Waals surface area contributed by atoms with Gasteiger partial charge in [-0.3, -0.25) is 4.90 Å². The minimum Gasteiger partial charge on any atom is -0.315 e. The van der Waals surface area contributed by atoms with Crippen LogP contribution < -0.4 is 5.32 Å². The zero-order valence-electron chi connectivity index (χ0n) is 12.2. The van der Waals surface area contributed by atoms with Crippen molar-refractivity contribution in [1.29, 1.82) is 0 Å². The maximum absolute atomic E-state index is 4.51. The average molecular weight is 269 g/mol. The molecule has 0 radical (unpaired) electrons. The Morgan fingerprint density at radius 2 is 2.22 bits per heavy atom. The van der Waals surface area contributed by atoms with Crippen molar-refractivity contribution in [3.63, 3.8) is 0 Å². The Hall–Kier alpha value is -0.450. The predicted molar refractivity (Wildman–Crippen MR) is 80.2 cm³/mol. The molecule has 1 heterocycles. The number of hydrogen-bond donors (Lipinski definition) is 1. The van der Waals surface area contributed by atoms with Gasteiger partial charge in [0, 0.05) is 24.5 Å². The second kappa shape index (κ2) is 8.62. The molecule has 1 rings (SSSR count). The lowest BCUT2D eigenvalue weighted by molar-refractivity contribution is 0.240. The summed E-state index contributed by atoms with van der Waals surface area (Å²) in [6, 6.07) is 0.550. The minimum absolute atomic E-state index is 0.550. The van der Waals surface area contributed by atoms with Crippen molar-refractivity contribution in [2.45, 2.75) is 52.6 Å².